The fourth-order valence-corrected chi connectivity index (χ4v) is 4.24. The van der Waals surface area contributed by atoms with Crippen LogP contribution in [0.5, 0.6) is 0 Å². The van der Waals surface area contributed by atoms with Crippen molar-refractivity contribution in [3.8, 4) is 23.0 Å². The van der Waals surface area contributed by atoms with Crippen LogP contribution >= 0.6 is 23.2 Å². The van der Waals surface area contributed by atoms with Crippen molar-refractivity contribution < 1.29 is 13.9 Å². The van der Waals surface area contributed by atoms with Gasteiger partial charge in [-0.1, -0.05) is 83.6 Å². The molecule has 0 radical (unpaired) electrons. The maximum absolute atomic E-state index is 13.2. The van der Waals surface area contributed by atoms with E-state index in [1.165, 1.54) is 11.1 Å². The molecule has 3 nitrogen and oxygen atoms in total. The molecule has 0 aromatic heterocycles. The van der Waals surface area contributed by atoms with E-state index in [0.29, 0.717) is 18.5 Å². The smallest absolute Gasteiger partial charge is 0.407 e. The Hall–Kier alpha value is -3.00. The Morgan fingerprint density at radius 3 is 2.19 bits per heavy atom. The predicted octanol–water partition coefficient (Wildman–Crippen LogP) is 6.41. The van der Waals surface area contributed by atoms with E-state index in [0.717, 1.165) is 23.3 Å². The average molecular weight is 454 g/mol. The molecule has 0 fully saturated rings. The van der Waals surface area contributed by atoms with Gasteiger partial charge < -0.3 is 10.1 Å². The van der Waals surface area contributed by atoms with Gasteiger partial charge in [-0.2, -0.15) is 0 Å². The monoisotopic (exact) mass is 453 g/mol. The van der Waals surface area contributed by atoms with Crippen LogP contribution in [0.2, 0.25) is 10.0 Å². The molecule has 1 amide bonds. The summed E-state index contributed by atoms with van der Waals surface area (Å²) in [5, 5.41) is 3.00. The number of fused-ring (bicyclic) bond motifs is 3. The first-order chi connectivity index (χ1) is 15.0. The first-order valence-corrected chi connectivity index (χ1v) is 10.5. The number of halogens is 3. The molecule has 0 atom stereocenters. The van der Waals surface area contributed by atoms with Crippen molar-refractivity contribution >= 4 is 29.3 Å². The zero-order valence-corrected chi connectivity index (χ0v) is 17.9. The number of benzene rings is 3. The summed E-state index contributed by atoms with van der Waals surface area (Å²) >= 11 is 11.9. The van der Waals surface area contributed by atoms with E-state index in [4.69, 9.17) is 27.9 Å². The molecule has 1 aliphatic carbocycles. The van der Waals surface area contributed by atoms with E-state index in [1.54, 1.807) is 0 Å². The minimum Gasteiger partial charge on any atom is -0.449 e. The normalized spacial score (nSPS) is 11.8. The predicted molar refractivity (Wildman–Crippen MR) is 121 cm³/mol. The molecule has 4 rings (SSSR count). The van der Waals surface area contributed by atoms with E-state index >= 15 is 0 Å². The number of hydrogen-bond donors (Lipinski definition) is 1. The largest absolute Gasteiger partial charge is 0.449 e. The van der Waals surface area contributed by atoms with Gasteiger partial charge in [0.25, 0.3) is 0 Å². The molecule has 0 bridgehead atoms. The molecule has 1 N–H and O–H groups in total. The quantitative estimate of drug-likeness (QED) is 0.365. The molecule has 3 aromatic carbocycles. The third-order valence-corrected chi connectivity index (χ3v) is 5.68. The summed E-state index contributed by atoms with van der Waals surface area (Å²) in [5.41, 5.74) is 5.05. The Bertz CT molecular complexity index is 1130. The third kappa shape index (κ3) is 4.69. The molecule has 0 aliphatic heterocycles. The molecule has 0 saturated heterocycles. The number of hydrogen-bond acceptors (Lipinski definition) is 2. The second kappa shape index (κ2) is 9.43. The van der Waals surface area contributed by atoms with Crippen molar-refractivity contribution in [2.45, 2.75) is 12.3 Å². The van der Waals surface area contributed by atoms with Crippen LogP contribution in [0.1, 0.15) is 29.0 Å². The van der Waals surface area contributed by atoms with Gasteiger partial charge in [-0.15, -0.1) is 0 Å². The topological polar surface area (TPSA) is 38.3 Å². The molecule has 156 valence electrons. The Morgan fingerprint density at radius 1 is 1.00 bits per heavy atom. The molecule has 6 heteroatoms. The van der Waals surface area contributed by atoms with Crippen LogP contribution in [0.3, 0.4) is 0 Å². The summed E-state index contributed by atoms with van der Waals surface area (Å²) in [6, 6.07) is 18.7. The van der Waals surface area contributed by atoms with Gasteiger partial charge in [0.2, 0.25) is 0 Å². The number of carbonyl (C=O) groups is 1. The Balaban J connectivity index is 1.30. The van der Waals surface area contributed by atoms with E-state index < -0.39 is 11.9 Å². The summed E-state index contributed by atoms with van der Waals surface area (Å²) < 4.78 is 18.7. The molecule has 1 aliphatic rings. The minimum atomic E-state index is -0.516. The van der Waals surface area contributed by atoms with Gasteiger partial charge in [-0.25, -0.2) is 9.18 Å². The molecule has 31 heavy (non-hydrogen) atoms. The van der Waals surface area contributed by atoms with Gasteiger partial charge in [0, 0.05) is 18.9 Å². The summed E-state index contributed by atoms with van der Waals surface area (Å²) in [6.07, 6.45) is -0.129. The maximum atomic E-state index is 13.2. The van der Waals surface area contributed by atoms with Crippen molar-refractivity contribution in [2.24, 2.45) is 0 Å². The highest BCUT2D eigenvalue weighted by atomic mass is 35.5. The zero-order chi connectivity index (χ0) is 21.8. The lowest BCUT2D eigenvalue weighted by Crippen LogP contribution is -2.26. The first-order valence-electron chi connectivity index (χ1n) is 9.77. The summed E-state index contributed by atoms with van der Waals surface area (Å²) in [4.78, 5) is 12.1. The van der Waals surface area contributed by atoms with Crippen molar-refractivity contribution in [2.75, 3.05) is 13.2 Å². The summed E-state index contributed by atoms with van der Waals surface area (Å²) in [5.74, 6) is 5.18. The number of carbonyl (C=O) groups excluding carboxylic acids is 1. The average Bonchev–Trinajstić information content (AvgIpc) is 3.07. The lowest BCUT2D eigenvalue weighted by atomic mass is 9.98. The van der Waals surface area contributed by atoms with E-state index in [1.807, 2.05) is 24.3 Å². The third-order valence-electron chi connectivity index (χ3n) is 5.08. The number of rotatable bonds is 4. The van der Waals surface area contributed by atoms with Gasteiger partial charge in [-0.3, -0.25) is 0 Å². The van der Waals surface area contributed by atoms with Crippen LogP contribution in [0, 0.1) is 17.7 Å². The van der Waals surface area contributed by atoms with Crippen molar-refractivity contribution in [1.29, 1.82) is 0 Å². The maximum Gasteiger partial charge on any atom is 0.407 e. The van der Waals surface area contributed by atoms with E-state index in [9.17, 15) is 9.18 Å². The fourth-order valence-electron chi connectivity index (χ4n) is 3.69. The summed E-state index contributed by atoms with van der Waals surface area (Å²) in [7, 11) is 0. The highest BCUT2D eigenvalue weighted by Gasteiger charge is 2.28. The Morgan fingerprint density at radius 2 is 1.58 bits per heavy atom. The standard InChI is InChI=1S/C25H18Cl2FNO2/c26-23-13-16(28)14-24(27)21(23)11-5-6-12-29-25(30)31-15-22-19-9-3-1-7-17(19)18-8-2-4-10-20(18)22/h1-4,7-10,13-14,22H,6,12,15H2,(H,29,30). The van der Waals surface area contributed by atoms with Gasteiger partial charge in [0.05, 0.1) is 15.6 Å². The lowest BCUT2D eigenvalue weighted by molar-refractivity contribution is 0.143. The molecular weight excluding hydrogens is 436 g/mol. The van der Waals surface area contributed by atoms with Gasteiger partial charge >= 0.3 is 6.09 Å². The number of amides is 1. The number of alkyl carbamates (subject to hydrolysis) is 1. The van der Waals surface area contributed by atoms with Crippen LogP contribution in [0.4, 0.5) is 9.18 Å². The second-order valence-electron chi connectivity index (χ2n) is 7.05. The molecule has 3 aromatic rings. The van der Waals surface area contributed by atoms with Crippen molar-refractivity contribution in [1.82, 2.24) is 5.32 Å². The number of nitrogens with one attached hydrogen (secondary N) is 1. The summed E-state index contributed by atoms with van der Waals surface area (Å²) in [6.45, 7) is 0.562. The van der Waals surface area contributed by atoms with Gasteiger partial charge in [0.15, 0.2) is 0 Å². The van der Waals surface area contributed by atoms with Crippen LogP contribution in [0.15, 0.2) is 60.7 Å². The zero-order valence-electron chi connectivity index (χ0n) is 16.4. The molecule has 0 heterocycles. The molecular formula is C25H18Cl2FNO2. The van der Waals surface area contributed by atoms with Crippen molar-refractivity contribution in [3.63, 3.8) is 0 Å². The second-order valence-corrected chi connectivity index (χ2v) is 7.86. The van der Waals surface area contributed by atoms with Crippen LogP contribution in [-0.2, 0) is 4.74 Å². The van der Waals surface area contributed by atoms with Gasteiger partial charge in [-0.05, 0) is 34.4 Å². The van der Waals surface area contributed by atoms with Crippen LogP contribution < -0.4 is 5.32 Å². The van der Waals surface area contributed by atoms with Crippen LogP contribution in [0.25, 0.3) is 11.1 Å². The molecule has 0 saturated carbocycles. The minimum absolute atomic E-state index is 0.0145. The van der Waals surface area contributed by atoms with Gasteiger partial charge in [0.1, 0.15) is 12.4 Å². The molecule has 0 unspecified atom stereocenters. The highest BCUT2D eigenvalue weighted by Crippen LogP contribution is 2.44. The van der Waals surface area contributed by atoms with Crippen molar-refractivity contribution in [3.05, 3.63) is 93.2 Å². The first kappa shape index (κ1) is 21.2. The Labute approximate surface area is 190 Å². The molecule has 0 spiro atoms. The lowest BCUT2D eigenvalue weighted by Gasteiger charge is -2.14. The van der Waals surface area contributed by atoms with E-state index in [2.05, 4.69) is 41.4 Å². The van der Waals surface area contributed by atoms with Crippen LogP contribution in [-0.4, -0.2) is 19.2 Å². The Kier molecular flexibility index (Phi) is 6.46. The number of ether oxygens (including phenoxy) is 1. The van der Waals surface area contributed by atoms with E-state index in [-0.39, 0.29) is 22.6 Å². The highest BCUT2D eigenvalue weighted by molar-refractivity contribution is 6.36. The fraction of sp³-hybridized carbons (Fsp3) is 0.160. The SMILES string of the molecule is O=C(NCCC#Cc1c(Cl)cc(F)cc1Cl)OCC1c2ccccc2-c2ccccc21.